The van der Waals surface area contributed by atoms with Crippen molar-refractivity contribution >= 4 is 17.7 Å². The summed E-state index contributed by atoms with van der Waals surface area (Å²) in [6, 6.07) is 4.80. The number of carboxylic acid groups (broad SMARTS) is 1. The second-order valence-corrected chi connectivity index (χ2v) is 3.96. The molecule has 0 aliphatic heterocycles. The third kappa shape index (κ3) is 4.90. The van der Waals surface area contributed by atoms with Crippen molar-refractivity contribution in [2.24, 2.45) is 0 Å². The zero-order chi connectivity index (χ0) is 14.5. The maximum Gasteiger partial charge on any atom is 0.319 e. The summed E-state index contributed by atoms with van der Waals surface area (Å²) in [5.41, 5.74) is -0.314. The number of nitrogens with one attached hydrogen (secondary N) is 2. The van der Waals surface area contributed by atoms with Crippen LogP contribution in [0.25, 0.3) is 0 Å². The zero-order valence-electron chi connectivity index (χ0n) is 10.2. The lowest BCUT2D eigenvalue weighted by Gasteiger charge is -2.16. The first-order valence-electron chi connectivity index (χ1n) is 5.54. The molecule has 3 N–H and O–H groups in total. The number of carbonyl (C=O) groups excluding carboxylic acids is 1. The molecule has 0 fully saturated rings. The van der Waals surface area contributed by atoms with Gasteiger partial charge in [0.25, 0.3) is 5.92 Å². The van der Waals surface area contributed by atoms with Gasteiger partial charge in [-0.05, 0) is 6.07 Å². The fourth-order valence-electron chi connectivity index (χ4n) is 1.42. The van der Waals surface area contributed by atoms with Gasteiger partial charge in [0.1, 0.15) is 0 Å². The second-order valence-electron chi connectivity index (χ2n) is 3.96. The molecular weight excluding hydrogens is 258 g/mol. The third-order valence-electron chi connectivity index (χ3n) is 2.27. The van der Waals surface area contributed by atoms with Crippen molar-refractivity contribution in [3.05, 3.63) is 29.8 Å². The van der Waals surface area contributed by atoms with Gasteiger partial charge < -0.3 is 15.7 Å². The topological polar surface area (TPSA) is 78.4 Å². The van der Waals surface area contributed by atoms with Gasteiger partial charge in [-0.3, -0.25) is 4.79 Å². The molecule has 0 aliphatic carbocycles. The lowest BCUT2D eigenvalue weighted by atomic mass is 10.1. The van der Waals surface area contributed by atoms with E-state index in [1.807, 2.05) is 0 Å². The molecule has 0 saturated heterocycles. The van der Waals surface area contributed by atoms with Crippen molar-refractivity contribution in [1.29, 1.82) is 0 Å². The van der Waals surface area contributed by atoms with Crippen LogP contribution < -0.4 is 10.6 Å². The number of rotatable bonds is 5. The molecule has 0 saturated carbocycles. The number of aliphatic carboxylic acids is 1. The Kier molecular flexibility index (Phi) is 4.80. The maximum atomic E-state index is 13.3. The van der Waals surface area contributed by atoms with E-state index in [9.17, 15) is 18.4 Å². The lowest BCUT2D eigenvalue weighted by molar-refractivity contribution is -0.136. The molecule has 0 unspecified atom stereocenters. The average Bonchev–Trinajstić information content (AvgIpc) is 2.27. The van der Waals surface area contributed by atoms with Gasteiger partial charge >= 0.3 is 12.0 Å². The zero-order valence-corrected chi connectivity index (χ0v) is 10.2. The number of amides is 2. The highest BCUT2D eigenvalue weighted by Crippen LogP contribution is 2.32. The minimum absolute atomic E-state index is 0.0113. The van der Waals surface area contributed by atoms with Crippen LogP contribution in [0.3, 0.4) is 0 Å². The Morgan fingerprint density at radius 3 is 2.53 bits per heavy atom. The molecule has 0 heterocycles. The number of benzene rings is 1. The summed E-state index contributed by atoms with van der Waals surface area (Å²) in [4.78, 5) is 21.7. The molecule has 0 bridgehead atoms. The number of anilines is 1. The number of urea groups is 1. The third-order valence-corrected chi connectivity index (χ3v) is 2.27. The smallest absolute Gasteiger partial charge is 0.319 e. The monoisotopic (exact) mass is 272 g/mol. The first kappa shape index (κ1) is 14.9. The van der Waals surface area contributed by atoms with Gasteiger partial charge in [-0.25, -0.2) is 13.6 Å². The molecule has 1 rings (SSSR count). The number of carboxylic acids is 1. The number of hydrogen-bond donors (Lipinski definition) is 3. The minimum Gasteiger partial charge on any atom is -0.481 e. The summed E-state index contributed by atoms with van der Waals surface area (Å²) in [5.74, 6) is -4.13. The first-order valence-corrected chi connectivity index (χ1v) is 5.54. The Morgan fingerprint density at radius 1 is 1.32 bits per heavy atom. The molecule has 0 aliphatic rings. The average molecular weight is 272 g/mol. The van der Waals surface area contributed by atoms with Gasteiger partial charge in [0.2, 0.25) is 0 Å². The van der Waals surface area contributed by atoms with Gasteiger partial charge in [0.15, 0.2) is 0 Å². The molecule has 5 nitrogen and oxygen atoms in total. The summed E-state index contributed by atoms with van der Waals surface area (Å²) in [6.07, 6.45) is -0.237. The summed E-state index contributed by atoms with van der Waals surface area (Å²) in [5, 5.41) is 12.9. The van der Waals surface area contributed by atoms with E-state index >= 15 is 0 Å². The second kappa shape index (κ2) is 6.12. The molecule has 2 amide bonds. The van der Waals surface area contributed by atoms with E-state index in [-0.39, 0.29) is 24.2 Å². The van der Waals surface area contributed by atoms with E-state index in [0.29, 0.717) is 0 Å². The molecule has 1 aromatic rings. The predicted octanol–water partition coefficient (Wildman–Crippen LogP) is 2.39. The Bertz CT molecular complexity index is 472. The van der Waals surface area contributed by atoms with E-state index in [2.05, 4.69) is 10.6 Å². The maximum absolute atomic E-state index is 13.3. The molecular formula is C12H14F2N2O3. The van der Waals surface area contributed by atoms with E-state index in [0.717, 1.165) is 6.92 Å². The Morgan fingerprint density at radius 2 is 1.95 bits per heavy atom. The largest absolute Gasteiger partial charge is 0.481 e. The molecule has 0 radical (unpaired) electrons. The molecule has 0 atom stereocenters. The van der Waals surface area contributed by atoms with Crippen molar-refractivity contribution in [2.45, 2.75) is 19.3 Å². The van der Waals surface area contributed by atoms with Crippen molar-refractivity contribution < 1.29 is 23.5 Å². The van der Waals surface area contributed by atoms with Gasteiger partial charge in [-0.15, -0.1) is 0 Å². The molecule has 1 aromatic carbocycles. The number of para-hydroxylation sites is 1. The highest BCUT2D eigenvalue weighted by Gasteiger charge is 2.27. The fraction of sp³-hybridized carbons (Fsp3) is 0.333. The summed E-state index contributed by atoms with van der Waals surface area (Å²) in [6.45, 7) is 0.654. The van der Waals surface area contributed by atoms with Crippen LogP contribution in [0.15, 0.2) is 24.3 Å². The summed E-state index contributed by atoms with van der Waals surface area (Å²) >= 11 is 0. The Hall–Kier alpha value is -2.18. The van der Waals surface area contributed by atoms with Crippen LogP contribution in [0.4, 0.5) is 19.3 Å². The van der Waals surface area contributed by atoms with Crippen molar-refractivity contribution in [1.82, 2.24) is 5.32 Å². The number of hydrogen-bond acceptors (Lipinski definition) is 2. The fourth-order valence-corrected chi connectivity index (χ4v) is 1.42. The molecule has 0 spiro atoms. The van der Waals surface area contributed by atoms with Crippen molar-refractivity contribution in [3.8, 4) is 0 Å². The normalized spacial score (nSPS) is 10.9. The number of halogens is 2. The van der Waals surface area contributed by atoms with E-state index in [1.54, 1.807) is 0 Å². The van der Waals surface area contributed by atoms with Gasteiger partial charge in [-0.2, -0.15) is 0 Å². The van der Waals surface area contributed by atoms with Crippen LogP contribution in [0.5, 0.6) is 0 Å². The number of alkyl halides is 2. The van der Waals surface area contributed by atoms with E-state index in [4.69, 9.17) is 5.11 Å². The van der Waals surface area contributed by atoms with Crippen LogP contribution in [0, 0.1) is 0 Å². The highest BCUT2D eigenvalue weighted by atomic mass is 19.3. The van der Waals surface area contributed by atoms with E-state index < -0.39 is 17.9 Å². The Balaban J connectivity index is 2.67. The molecule has 7 heteroatoms. The van der Waals surface area contributed by atoms with E-state index in [1.165, 1.54) is 24.3 Å². The molecule has 0 aromatic heterocycles. The Labute approximate surface area is 108 Å². The van der Waals surface area contributed by atoms with Crippen LogP contribution in [-0.4, -0.2) is 23.7 Å². The molecule has 104 valence electrons. The van der Waals surface area contributed by atoms with Gasteiger partial charge in [-0.1, -0.05) is 18.2 Å². The standard InChI is InChI=1S/C12H14F2N2O3/c1-12(13,14)8-4-2-3-5-9(8)16-11(19)15-7-6-10(17)18/h2-5H,6-7H2,1H3,(H,17,18)(H2,15,16,19). The SMILES string of the molecule is CC(F)(F)c1ccccc1NC(=O)NCCC(=O)O. The summed E-state index contributed by atoms with van der Waals surface area (Å²) in [7, 11) is 0. The van der Waals surface area contributed by atoms with Crippen LogP contribution in [0.1, 0.15) is 18.9 Å². The lowest BCUT2D eigenvalue weighted by Crippen LogP contribution is -2.31. The van der Waals surface area contributed by atoms with Crippen LogP contribution in [-0.2, 0) is 10.7 Å². The van der Waals surface area contributed by atoms with Gasteiger partial charge in [0, 0.05) is 19.0 Å². The first-order chi connectivity index (χ1) is 8.80. The predicted molar refractivity (Wildman–Crippen MR) is 65.3 cm³/mol. The van der Waals surface area contributed by atoms with Crippen LogP contribution in [0.2, 0.25) is 0 Å². The van der Waals surface area contributed by atoms with Crippen LogP contribution >= 0.6 is 0 Å². The van der Waals surface area contributed by atoms with Gasteiger partial charge in [0.05, 0.1) is 12.1 Å². The number of carbonyl (C=O) groups is 2. The molecule has 19 heavy (non-hydrogen) atoms. The van der Waals surface area contributed by atoms with Crippen molar-refractivity contribution in [3.63, 3.8) is 0 Å². The minimum atomic E-state index is -3.08. The quantitative estimate of drug-likeness (QED) is 0.770. The summed E-state index contributed by atoms with van der Waals surface area (Å²) < 4.78 is 26.5. The highest BCUT2D eigenvalue weighted by molar-refractivity contribution is 5.90. The van der Waals surface area contributed by atoms with Crippen molar-refractivity contribution in [2.75, 3.05) is 11.9 Å².